The molecule has 5 nitrogen and oxygen atoms in total. The van der Waals surface area contributed by atoms with Crippen molar-refractivity contribution in [2.24, 2.45) is 5.92 Å². The molecule has 1 fully saturated rings. The fraction of sp³-hybridized carbons (Fsp3) is 0.545. The van der Waals surface area contributed by atoms with Gasteiger partial charge >= 0.3 is 0 Å². The van der Waals surface area contributed by atoms with E-state index in [2.05, 4.69) is 9.97 Å². The largest absolute Gasteiger partial charge is 0.368 e. The predicted octanol–water partition coefficient (Wildman–Crippen LogP) is 0.701. The maximum atomic E-state index is 11.9. The Labute approximate surface area is 93.7 Å². The third-order valence-electron chi connectivity index (χ3n) is 3.19. The molecule has 0 radical (unpaired) electrons. The molecule has 1 saturated carbocycles. The molecular weight excluding hydrogens is 204 g/mol. The van der Waals surface area contributed by atoms with Crippen molar-refractivity contribution in [2.75, 3.05) is 5.73 Å². The van der Waals surface area contributed by atoms with Crippen LogP contribution in [-0.2, 0) is 17.9 Å². The summed E-state index contributed by atoms with van der Waals surface area (Å²) in [7, 11) is 0. The topological polar surface area (TPSA) is 72.1 Å². The molecule has 1 amide bonds. The second kappa shape index (κ2) is 3.43. The van der Waals surface area contributed by atoms with Gasteiger partial charge in [0.1, 0.15) is 0 Å². The molecule has 0 unspecified atom stereocenters. The maximum absolute atomic E-state index is 11.9. The van der Waals surface area contributed by atoms with Gasteiger partial charge in [-0.2, -0.15) is 0 Å². The van der Waals surface area contributed by atoms with Crippen molar-refractivity contribution >= 4 is 11.9 Å². The Bertz CT molecular complexity index is 442. The highest BCUT2D eigenvalue weighted by atomic mass is 16.2. The van der Waals surface area contributed by atoms with Crippen molar-refractivity contribution in [3.8, 4) is 0 Å². The summed E-state index contributed by atoms with van der Waals surface area (Å²) < 4.78 is 0. The van der Waals surface area contributed by atoms with E-state index in [1.807, 2.05) is 4.90 Å². The number of hydrogen-bond donors (Lipinski definition) is 1. The first-order valence-corrected chi connectivity index (χ1v) is 5.60. The van der Waals surface area contributed by atoms with Crippen molar-refractivity contribution in [2.45, 2.75) is 32.4 Å². The average Bonchev–Trinajstić information content (AvgIpc) is 2.95. The molecule has 1 aromatic heterocycles. The van der Waals surface area contributed by atoms with Gasteiger partial charge < -0.3 is 10.6 Å². The number of nitrogens with two attached hydrogens (primary N) is 1. The van der Waals surface area contributed by atoms with E-state index in [1.165, 1.54) is 12.8 Å². The highest BCUT2D eigenvalue weighted by Gasteiger charge is 2.30. The third kappa shape index (κ3) is 1.73. The van der Waals surface area contributed by atoms with E-state index in [0.717, 1.165) is 11.3 Å². The smallest absolute Gasteiger partial charge is 0.223 e. The minimum absolute atomic E-state index is 0.235. The number of rotatable bonds is 2. The highest BCUT2D eigenvalue weighted by Crippen LogP contribution is 2.34. The number of anilines is 1. The first-order chi connectivity index (χ1) is 7.72. The first-order valence-electron chi connectivity index (χ1n) is 5.60. The minimum atomic E-state index is 0.235. The Balaban J connectivity index is 1.71. The number of hydrogen-bond acceptors (Lipinski definition) is 4. The van der Waals surface area contributed by atoms with Crippen LogP contribution in [0.15, 0.2) is 6.20 Å². The summed E-state index contributed by atoms with van der Waals surface area (Å²) in [5, 5.41) is 0. The molecule has 84 valence electrons. The van der Waals surface area contributed by atoms with Crippen molar-refractivity contribution < 1.29 is 4.79 Å². The van der Waals surface area contributed by atoms with Crippen LogP contribution in [-0.4, -0.2) is 20.8 Å². The molecule has 5 heteroatoms. The summed E-state index contributed by atoms with van der Waals surface area (Å²) in [6.07, 6.45) is 4.83. The monoisotopic (exact) mass is 218 g/mol. The van der Waals surface area contributed by atoms with Crippen LogP contribution in [0.1, 0.15) is 30.5 Å². The SMILES string of the molecule is Nc1ncc2c(n1)CN(C(=O)CC1CC1)C2. The van der Waals surface area contributed by atoms with Gasteiger partial charge in [0.25, 0.3) is 0 Å². The van der Waals surface area contributed by atoms with Gasteiger partial charge in [-0.1, -0.05) is 0 Å². The van der Waals surface area contributed by atoms with Crippen LogP contribution in [0, 0.1) is 5.92 Å². The number of carbonyl (C=O) groups is 1. The van der Waals surface area contributed by atoms with Crippen molar-refractivity contribution in [3.05, 3.63) is 17.5 Å². The Morgan fingerprint density at radius 2 is 2.31 bits per heavy atom. The Morgan fingerprint density at radius 1 is 1.50 bits per heavy atom. The summed E-state index contributed by atoms with van der Waals surface area (Å²) in [5.41, 5.74) is 7.44. The summed E-state index contributed by atoms with van der Waals surface area (Å²) in [5.74, 6) is 1.15. The summed E-state index contributed by atoms with van der Waals surface area (Å²) >= 11 is 0. The van der Waals surface area contributed by atoms with Gasteiger partial charge in [-0.25, -0.2) is 9.97 Å². The second-order valence-corrected chi connectivity index (χ2v) is 4.60. The number of nitrogen functional groups attached to an aromatic ring is 1. The van der Waals surface area contributed by atoms with Crippen molar-refractivity contribution in [3.63, 3.8) is 0 Å². The Kier molecular flexibility index (Phi) is 2.05. The lowest BCUT2D eigenvalue weighted by atomic mass is 10.2. The van der Waals surface area contributed by atoms with Gasteiger partial charge in [-0.15, -0.1) is 0 Å². The lowest BCUT2D eigenvalue weighted by molar-refractivity contribution is -0.132. The standard InChI is InChI=1S/C11H14N4O/c12-11-13-4-8-5-15(6-9(8)14-11)10(16)3-7-1-2-7/h4,7H,1-3,5-6H2,(H2,12,13,14). The molecule has 3 rings (SSSR count). The maximum Gasteiger partial charge on any atom is 0.223 e. The molecule has 2 aliphatic rings. The van der Waals surface area contributed by atoms with Crippen molar-refractivity contribution in [1.29, 1.82) is 0 Å². The summed E-state index contributed by atoms with van der Waals surface area (Å²) in [6, 6.07) is 0. The quantitative estimate of drug-likeness (QED) is 0.793. The average molecular weight is 218 g/mol. The van der Waals surface area contributed by atoms with Crippen LogP contribution < -0.4 is 5.73 Å². The van der Waals surface area contributed by atoms with Crippen molar-refractivity contribution in [1.82, 2.24) is 14.9 Å². The fourth-order valence-electron chi connectivity index (χ4n) is 2.04. The fourth-order valence-corrected chi connectivity index (χ4v) is 2.04. The van der Waals surface area contributed by atoms with Gasteiger partial charge in [0.05, 0.1) is 12.2 Å². The molecule has 2 N–H and O–H groups in total. The molecule has 0 atom stereocenters. The molecule has 2 heterocycles. The van der Waals surface area contributed by atoms with E-state index in [4.69, 9.17) is 5.73 Å². The first kappa shape index (κ1) is 9.57. The van der Waals surface area contributed by atoms with Gasteiger partial charge in [-0.3, -0.25) is 4.79 Å². The van der Waals surface area contributed by atoms with Crippen LogP contribution in [0.4, 0.5) is 5.95 Å². The molecule has 1 aromatic rings. The van der Waals surface area contributed by atoms with Crippen LogP contribution in [0.2, 0.25) is 0 Å². The molecular formula is C11H14N4O. The van der Waals surface area contributed by atoms with E-state index in [0.29, 0.717) is 25.4 Å². The van der Waals surface area contributed by atoms with Crippen LogP contribution in [0.25, 0.3) is 0 Å². The van der Waals surface area contributed by atoms with Crippen LogP contribution in [0.3, 0.4) is 0 Å². The molecule has 0 saturated heterocycles. The van der Waals surface area contributed by atoms with E-state index in [9.17, 15) is 4.79 Å². The number of amides is 1. The third-order valence-corrected chi connectivity index (χ3v) is 3.19. The van der Waals surface area contributed by atoms with Crippen LogP contribution in [0.5, 0.6) is 0 Å². The number of aromatic nitrogens is 2. The molecule has 0 bridgehead atoms. The highest BCUT2D eigenvalue weighted by molar-refractivity contribution is 5.77. The molecule has 1 aliphatic carbocycles. The van der Waals surface area contributed by atoms with Gasteiger partial charge in [0.2, 0.25) is 11.9 Å². The zero-order valence-corrected chi connectivity index (χ0v) is 9.02. The lowest BCUT2D eigenvalue weighted by Crippen LogP contribution is -2.25. The summed E-state index contributed by atoms with van der Waals surface area (Å²) in [6.45, 7) is 1.23. The number of nitrogens with zero attached hydrogens (tertiary/aromatic N) is 3. The Morgan fingerprint density at radius 3 is 3.06 bits per heavy atom. The van der Waals surface area contributed by atoms with E-state index in [1.54, 1.807) is 6.20 Å². The van der Waals surface area contributed by atoms with E-state index < -0.39 is 0 Å². The molecule has 0 aromatic carbocycles. The minimum Gasteiger partial charge on any atom is -0.368 e. The second-order valence-electron chi connectivity index (χ2n) is 4.60. The molecule has 1 aliphatic heterocycles. The zero-order valence-electron chi connectivity index (χ0n) is 9.02. The number of fused-ring (bicyclic) bond motifs is 1. The van der Waals surface area contributed by atoms with Crippen LogP contribution >= 0.6 is 0 Å². The predicted molar refractivity (Wildman–Crippen MR) is 58.0 cm³/mol. The van der Waals surface area contributed by atoms with Gasteiger partial charge in [0.15, 0.2) is 0 Å². The number of carbonyl (C=O) groups excluding carboxylic acids is 1. The summed E-state index contributed by atoms with van der Waals surface area (Å²) in [4.78, 5) is 21.8. The van der Waals surface area contributed by atoms with Gasteiger partial charge in [-0.05, 0) is 18.8 Å². The lowest BCUT2D eigenvalue weighted by Gasteiger charge is -2.14. The van der Waals surface area contributed by atoms with E-state index in [-0.39, 0.29) is 11.9 Å². The normalized spacial score (nSPS) is 18.6. The zero-order chi connectivity index (χ0) is 11.1. The van der Waals surface area contributed by atoms with E-state index >= 15 is 0 Å². The van der Waals surface area contributed by atoms with Gasteiger partial charge in [0, 0.05) is 24.7 Å². The molecule has 16 heavy (non-hydrogen) atoms. The molecule has 0 spiro atoms. The Hall–Kier alpha value is -1.65.